The predicted molar refractivity (Wildman–Crippen MR) is 122 cm³/mol. The van der Waals surface area contributed by atoms with Crippen molar-refractivity contribution in [2.24, 2.45) is 5.92 Å². The van der Waals surface area contributed by atoms with Crippen molar-refractivity contribution in [2.45, 2.75) is 149 Å². The van der Waals surface area contributed by atoms with E-state index in [4.69, 9.17) is 0 Å². The maximum absolute atomic E-state index is 2.44. The Kier molecular flexibility index (Phi) is 22.6. The van der Waals surface area contributed by atoms with Gasteiger partial charge in [0.2, 0.25) is 0 Å². The third kappa shape index (κ3) is 20.1. The second kappa shape index (κ2) is 22.8. The van der Waals surface area contributed by atoms with Gasteiger partial charge >= 0.3 is 0 Å². The molecule has 0 rings (SSSR count). The summed E-state index contributed by atoms with van der Waals surface area (Å²) in [5, 5.41) is 0. The van der Waals surface area contributed by atoms with Gasteiger partial charge in [-0.15, -0.1) is 0 Å². The highest BCUT2D eigenvalue weighted by Gasteiger charge is 2.04. The van der Waals surface area contributed by atoms with E-state index in [1.165, 1.54) is 128 Å². The molecule has 0 bridgehead atoms. The summed E-state index contributed by atoms with van der Waals surface area (Å²) in [7, 11) is 0. The lowest BCUT2D eigenvalue weighted by atomic mass is 9.93. The smallest absolute Gasteiger partial charge is 0.0351 e. The SMILES string of the molecule is CCCCCCCC/C=C\CCCCCCCCCC(CC)CCCC. The van der Waals surface area contributed by atoms with Crippen molar-refractivity contribution in [3.63, 3.8) is 0 Å². The molecule has 0 saturated carbocycles. The molecule has 0 heterocycles. The van der Waals surface area contributed by atoms with Crippen molar-refractivity contribution in [1.82, 2.24) is 0 Å². The van der Waals surface area contributed by atoms with Crippen LogP contribution in [0, 0.1) is 5.92 Å². The molecular formula is C26H52. The monoisotopic (exact) mass is 364 g/mol. The third-order valence-electron chi connectivity index (χ3n) is 5.92. The van der Waals surface area contributed by atoms with Crippen LogP contribution in [0.15, 0.2) is 12.2 Å². The van der Waals surface area contributed by atoms with Crippen LogP contribution in [0.3, 0.4) is 0 Å². The molecular weight excluding hydrogens is 312 g/mol. The summed E-state index contributed by atoms with van der Waals surface area (Å²) in [6.07, 6.45) is 33.3. The van der Waals surface area contributed by atoms with Crippen LogP contribution in [0.1, 0.15) is 149 Å². The van der Waals surface area contributed by atoms with Crippen LogP contribution in [-0.2, 0) is 0 Å². The Bertz CT molecular complexity index is 265. The fraction of sp³-hybridized carbons (Fsp3) is 0.923. The summed E-state index contributed by atoms with van der Waals surface area (Å²) in [5.41, 5.74) is 0. The van der Waals surface area contributed by atoms with E-state index in [-0.39, 0.29) is 0 Å². The fourth-order valence-corrected chi connectivity index (χ4v) is 3.90. The van der Waals surface area contributed by atoms with Gasteiger partial charge in [-0.25, -0.2) is 0 Å². The number of hydrogen-bond donors (Lipinski definition) is 0. The number of rotatable bonds is 21. The number of allylic oxidation sites excluding steroid dienone is 2. The quantitative estimate of drug-likeness (QED) is 0.140. The Balaban J connectivity index is 3.20. The Morgan fingerprint density at radius 1 is 0.462 bits per heavy atom. The first kappa shape index (κ1) is 25.7. The van der Waals surface area contributed by atoms with E-state index >= 15 is 0 Å². The molecule has 1 unspecified atom stereocenters. The lowest BCUT2D eigenvalue weighted by Crippen LogP contribution is -1.98. The Hall–Kier alpha value is -0.260. The van der Waals surface area contributed by atoms with Gasteiger partial charge in [-0.3, -0.25) is 0 Å². The van der Waals surface area contributed by atoms with Crippen LogP contribution in [-0.4, -0.2) is 0 Å². The first-order valence-electron chi connectivity index (χ1n) is 12.5. The number of unbranched alkanes of at least 4 members (excludes halogenated alkanes) is 14. The van der Waals surface area contributed by atoms with Crippen LogP contribution >= 0.6 is 0 Å². The minimum absolute atomic E-state index is 1.01. The van der Waals surface area contributed by atoms with Crippen LogP contribution in [0.5, 0.6) is 0 Å². The zero-order valence-electron chi connectivity index (χ0n) is 18.9. The average molecular weight is 365 g/mol. The van der Waals surface area contributed by atoms with Gasteiger partial charge in [0.25, 0.3) is 0 Å². The van der Waals surface area contributed by atoms with Crippen LogP contribution in [0.2, 0.25) is 0 Å². The topological polar surface area (TPSA) is 0 Å². The van der Waals surface area contributed by atoms with E-state index in [9.17, 15) is 0 Å². The first-order chi connectivity index (χ1) is 12.8. The molecule has 0 fully saturated rings. The summed E-state index contributed by atoms with van der Waals surface area (Å²) in [4.78, 5) is 0. The molecule has 0 radical (unpaired) electrons. The summed E-state index contributed by atoms with van der Waals surface area (Å²) >= 11 is 0. The van der Waals surface area contributed by atoms with Gasteiger partial charge in [0.1, 0.15) is 0 Å². The van der Waals surface area contributed by atoms with Gasteiger partial charge < -0.3 is 0 Å². The molecule has 156 valence electrons. The Morgan fingerprint density at radius 2 is 0.885 bits per heavy atom. The molecule has 0 aromatic rings. The van der Waals surface area contributed by atoms with Crippen LogP contribution < -0.4 is 0 Å². The van der Waals surface area contributed by atoms with E-state index in [1.54, 1.807) is 0 Å². The standard InChI is InChI=1S/C26H52/c1-4-7-9-10-11-12-13-14-15-16-17-18-19-20-21-22-23-25-26(6-3)24-8-5-2/h14-15,26H,4-13,16-25H2,1-3H3/b15-14-. The molecule has 0 aromatic carbocycles. The van der Waals surface area contributed by atoms with Gasteiger partial charge in [0.05, 0.1) is 0 Å². The second-order valence-corrected chi connectivity index (χ2v) is 8.50. The van der Waals surface area contributed by atoms with Crippen molar-refractivity contribution < 1.29 is 0 Å². The van der Waals surface area contributed by atoms with E-state index < -0.39 is 0 Å². The second-order valence-electron chi connectivity index (χ2n) is 8.50. The van der Waals surface area contributed by atoms with Gasteiger partial charge in [0.15, 0.2) is 0 Å². The van der Waals surface area contributed by atoms with Crippen LogP contribution in [0.25, 0.3) is 0 Å². The third-order valence-corrected chi connectivity index (χ3v) is 5.92. The molecule has 0 spiro atoms. The minimum Gasteiger partial charge on any atom is -0.0885 e. The molecule has 1 atom stereocenters. The van der Waals surface area contributed by atoms with Crippen molar-refractivity contribution in [3.8, 4) is 0 Å². The summed E-state index contributed by atoms with van der Waals surface area (Å²) in [5.74, 6) is 1.01. The lowest BCUT2D eigenvalue weighted by molar-refractivity contribution is 0.399. The van der Waals surface area contributed by atoms with Crippen molar-refractivity contribution in [3.05, 3.63) is 12.2 Å². The highest BCUT2D eigenvalue weighted by atomic mass is 14.1. The van der Waals surface area contributed by atoms with Gasteiger partial charge in [-0.2, -0.15) is 0 Å². The van der Waals surface area contributed by atoms with E-state index in [0.717, 1.165) is 5.92 Å². The van der Waals surface area contributed by atoms with Crippen molar-refractivity contribution >= 4 is 0 Å². The average Bonchev–Trinajstić information content (AvgIpc) is 2.66. The molecule has 0 heteroatoms. The zero-order chi connectivity index (χ0) is 19.1. The normalized spacial score (nSPS) is 12.9. The highest BCUT2D eigenvalue weighted by molar-refractivity contribution is 4.81. The van der Waals surface area contributed by atoms with E-state index in [0.29, 0.717) is 0 Å². The summed E-state index contributed by atoms with van der Waals surface area (Å²) < 4.78 is 0. The van der Waals surface area contributed by atoms with Gasteiger partial charge in [-0.05, 0) is 31.6 Å². The first-order valence-corrected chi connectivity index (χ1v) is 12.5. The lowest BCUT2D eigenvalue weighted by Gasteiger charge is -2.13. The fourth-order valence-electron chi connectivity index (χ4n) is 3.90. The van der Waals surface area contributed by atoms with Crippen LogP contribution in [0.4, 0.5) is 0 Å². The van der Waals surface area contributed by atoms with Gasteiger partial charge in [0, 0.05) is 0 Å². The molecule has 0 nitrogen and oxygen atoms in total. The van der Waals surface area contributed by atoms with Crippen molar-refractivity contribution in [1.29, 1.82) is 0 Å². The molecule has 0 amide bonds. The molecule has 0 saturated heterocycles. The zero-order valence-corrected chi connectivity index (χ0v) is 18.9. The molecule has 0 N–H and O–H groups in total. The predicted octanol–water partition coefficient (Wildman–Crippen LogP) is 10.0. The maximum Gasteiger partial charge on any atom is -0.0351 e. The Morgan fingerprint density at radius 3 is 1.38 bits per heavy atom. The van der Waals surface area contributed by atoms with E-state index in [1.807, 2.05) is 0 Å². The van der Waals surface area contributed by atoms with E-state index in [2.05, 4.69) is 32.9 Å². The summed E-state index contributed by atoms with van der Waals surface area (Å²) in [6, 6.07) is 0. The Labute approximate surface area is 167 Å². The molecule has 0 aliphatic heterocycles. The molecule has 0 aromatic heterocycles. The molecule has 0 aliphatic carbocycles. The molecule has 0 aliphatic rings. The van der Waals surface area contributed by atoms with Crippen molar-refractivity contribution in [2.75, 3.05) is 0 Å². The van der Waals surface area contributed by atoms with Gasteiger partial charge in [-0.1, -0.05) is 136 Å². The largest absolute Gasteiger partial charge is 0.0885 e. The highest BCUT2D eigenvalue weighted by Crippen LogP contribution is 2.20. The maximum atomic E-state index is 2.44. The molecule has 26 heavy (non-hydrogen) atoms. The minimum atomic E-state index is 1.01. The number of hydrogen-bond acceptors (Lipinski definition) is 0. The summed E-state index contributed by atoms with van der Waals surface area (Å²) in [6.45, 7) is 6.99.